The number of hydrogen-bond donors (Lipinski definition) is 0. The van der Waals surface area contributed by atoms with Crippen LogP contribution in [0.4, 0.5) is 0 Å². The number of ketones is 1. The van der Waals surface area contributed by atoms with E-state index in [2.05, 4.69) is 0 Å². The largest absolute Gasteiger partial charge is 0.496 e. The molecule has 0 fully saturated rings. The summed E-state index contributed by atoms with van der Waals surface area (Å²) in [6.07, 6.45) is -1.21. The molecular weight excluding hydrogens is 732 g/mol. The van der Waals surface area contributed by atoms with Crippen molar-refractivity contribution < 1.29 is 66.3 Å². The molecule has 0 aliphatic carbocycles. The summed E-state index contributed by atoms with van der Waals surface area (Å²) >= 11 is 0. The zero-order valence-corrected chi connectivity index (χ0v) is 30.7. The Balaban J connectivity index is 1.59. The maximum Gasteiger partial charge on any atom is 0.308 e. The number of esters is 5. The first-order chi connectivity index (χ1) is 26.6. The van der Waals surface area contributed by atoms with Crippen LogP contribution in [0.2, 0.25) is 0 Å². The summed E-state index contributed by atoms with van der Waals surface area (Å²) < 4.78 is 44.7. The summed E-state index contributed by atoms with van der Waals surface area (Å²) in [6.45, 7) is 5.87. The molecule has 0 spiro atoms. The van der Waals surface area contributed by atoms with Gasteiger partial charge in [0.05, 0.1) is 13.0 Å². The summed E-state index contributed by atoms with van der Waals surface area (Å²) in [7, 11) is 1.38. The van der Waals surface area contributed by atoms with E-state index in [4.69, 9.17) is 37.6 Å². The normalized spacial score (nSPS) is 14.5. The van der Waals surface area contributed by atoms with Crippen molar-refractivity contribution in [1.29, 1.82) is 0 Å². The molecule has 15 nitrogen and oxygen atoms in total. The Morgan fingerprint density at radius 1 is 0.589 bits per heavy atom. The third-order valence-electron chi connectivity index (χ3n) is 8.25. The first-order valence-electron chi connectivity index (χ1n) is 16.8. The van der Waals surface area contributed by atoms with Gasteiger partial charge in [-0.15, -0.1) is 0 Å². The van der Waals surface area contributed by atoms with Crippen LogP contribution in [-0.4, -0.2) is 42.7 Å². The quantitative estimate of drug-likeness (QED) is 0.121. The van der Waals surface area contributed by atoms with Crippen molar-refractivity contribution in [1.82, 2.24) is 0 Å². The Morgan fingerprint density at radius 2 is 1.18 bits per heavy atom. The lowest BCUT2D eigenvalue weighted by Crippen LogP contribution is -2.31. The smallest absolute Gasteiger partial charge is 0.308 e. The minimum atomic E-state index is -1.35. The molecule has 2 atom stereocenters. The van der Waals surface area contributed by atoms with Crippen LogP contribution < -0.4 is 38.6 Å². The molecule has 0 saturated carbocycles. The van der Waals surface area contributed by atoms with Gasteiger partial charge in [0.25, 0.3) is 0 Å². The van der Waals surface area contributed by atoms with Gasteiger partial charge in [-0.3, -0.25) is 33.6 Å². The highest BCUT2D eigenvalue weighted by molar-refractivity contribution is 6.08. The monoisotopic (exact) mass is 764 g/mol. The third kappa shape index (κ3) is 8.11. The Kier molecular flexibility index (Phi) is 10.7. The van der Waals surface area contributed by atoms with E-state index in [0.717, 1.165) is 13.8 Å². The molecule has 15 heteroatoms. The number of Topliss-reactive ketones (excluding diaryl/α,β-unsaturated/α-hetero) is 1. The average molecular weight is 765 g/mol. The first-order valence-corrected chi connectivity index (χ1v) is 16.8. The summed E-state index contributed by atoms with van der Waals surface area (Å²) in [4.78, 5) is 88.6. The lowest BCUT2D eigenvalue weighted by atomic mass is 9.79. The number of rotatable bonds is 9. The van der Waals surface area contributed by atoms with Gasteiger partial charge in [0.2, 0.25) is 0 Å². The van der Waals surface area contributed by atoms with E-state index in [1.165, 1.54) is 88.5 Å². The summed E-state index contributed by atoms with van der Waals surface area (Å²) in [5, 5.41) is -0.0302. The predicted octanol–water partition coefficient (Wildman–Crippen LogP) is 6.20. The Labute approximate surface area is 317 Å². The van der Waals surface area contributed by atoms with Crippen LogP contribution in [0.5, 0.6) is 40.2 Å². The van der Waals surface area contributed by atoms with Gasteiger partial charge in [-0.1, -0.05) is 12.1 Å². The maximum atomic E-state index is 14.9. The number of fused-ring (bicyclic) bond motifs is 2. The summed E-state index contributed by atoms with van der Waals surface area (Å²) in [5.41, 5.74) is -0.0140. The second-order valence-corrected chi connectivity index (χ2v) is 12.4. The molecule has 1 aliphatic rings. The van der Waals surface area contributed by atoms with E-state index in [1.807, 2.05) is 0 Å². The molecule has 6 rings (SSSR count). The van der Waals surface area contributed by atoms with Gasteiger partial charge in [-0.25, -0.2) is 0 Å². The number of carbonyl (C=O) groups is 6. The zero-order valence-electron chi connectivity index (χ0n) is 30.7. The third-order valence-corrected chi connectivity index (χ3v) is 8.25. The molecule has 286 valence electrons. The average Bonchev–Trinajstić information content (AvgIpc) is 3.10. The van der Waals surface area contributed by atoms with Crippen LogP contribution in [0.25, 0.3) is 22.3 Å². The number of benzene rings is 4. The van der Waals surface area contributed by atoms with Crippen LogP contribution >= 0.6 is 0 Å². The number of carbonyl (C=O) groups excluding carboxylic acids is 6. The van der Waals surface area contributed by atoms with Crippen molar-refractivity contribution in [2.75, 3.05) is 7.11 Å². The molecule has 5 aromatic rings. The number of hydrogen-bond acceptors (Lipinski definition) is 15. The van der Waals surface area contributed by atoms with Crippen LogP contribution in [0.3, 0.4) is 0 Å². The van der Waals surface area contributed by atoms with Crippen LogP contribution in [0, 0.1) is 0 Å². The van der Waals surface area contributed by atoms with E-state index in [1.54, 1.807) is 12.1 Å². The van der Waals surface area contributed by atoms with Crippen molar-refractivity contribution in [3.8, 4) is 51.6 Å². The zero-order chi connectivity index (χ0) is 40.4. The van der Waals surface area contributed by atoms with Gasteiger partial charge in [0.15, 0.2) is 11.2 Å². The molecule has 0 N–H and O–H groups in total. The first kappa shape index (κ1) is 38.4. The summed E-state index contributed by atoms with van der Waals surface area (Å²) in [6, 6.07) is 16.9. The van der Waals surface area contributed by atoms with Crippen molar-refractivity contribution >= 4 is 46.6 Å². The SMILES string of the molecule is COc1cc(OC(C)=O)c2c(=O)cc(-c3ccc(OC(C)=O)c(C4C(=O)c5c(OC(C)=O)cc(OC(C)=O)cc5OC4c4ccc(OC(C)=O)cc4)c3)oc2c1. The van der Waals surface area contributed by atoms with Crippen LogP contribution in [0.15, 0.2) is 82.0 Å². The second kappa shape index (κ2) is 15.6. The molecule has 1 aliphatic heterocycles. The van der Waals surface area contributed by atoms with Crippen molar-refractivity contribution in [2.24, 2.45) is 0 Å². The molecular formula is C41H32O15. The molecule has 4 aromatic carbocycles. The number of ether oxygens (including phenoxy) is 7. The molecule has 2 heterocycles. The second-order valence-electron chi connectivity index (χ2n) is 12.4. The van der Waals surface area contributed by atoms with E-state index < -0.39 is 53.1 Å². The molecule has 0 amide bonds. The highest BCUT2D eigenvalue weighted by Gasteiger charge is 2.43. The molecule has 0 radical (unpaired) electrons. The van der Waals surface area contributed by atoms with E-state index in [-0.39, 0.29) is 73.7 Å². The fourth-order valence-corrected chi connectivity index (χ4v) is 6.23. The van der Waals surface area contributed by atoms with Gasteiger partial charge in [0.1, 0.15) is 68.6 Å². The van der Waals surface area contributed by atoms with E-state index in [0.29, 0.717) is 5.56 Å². The maximum absolute atomic E-state index is 14.9. The van der Waals surface area contributed by atoms with Crippen LogP contribution in [0.1, 0.15) is 68.1 Å². The van der Waals surface area contributed by atoms with Crippen molar-refractivity contribution in [2.45, 2.75) is 46.6 Å². The lowest BCUT2D eigenvalue weighted by molar-refractivity contribution is -0.133. The minimum Gasteiger partial charge on any atom is -0.496 e. The van der Waals surface area contributed by atoms with Crippen molar-refractivity contribution in [3.05, 3.63) is 99.7 Å². The van der Waals surface area contributed by atoms with Gasteiger partial charge in [-0.2, -0.15) is 0 Å². The molecule has 1 aromatic heterocycles. The fraction of sp³-hybridized carbons (Fsp3) is 0.195. The van der Waals surface area contributed by atoms with Gasteiger partial charge >= 0.3 is 29.8 Å². The summed E-state index contributed by atoms with van der Waals surface area (Å²) in [5.74, 6) is -5.59. The highest BCUT2D eigenvalue weighted by Crippen LogP contribution is 2.51. The number of methoxy groups -OCH3 is 1. The van der Waals surface area contributed by atoms with E-state index in [9.17, 15) is 33.6 Å². The van der Waals surface area contributed by atoms with Gasteiger partial charge < -0.3 is 37.6 Å². The van der Waals surface area contributed by atoms with Crippen LogP contribution in [-0.2, 0) is 24.0 Å². The minimum absolute atomic E-state index is 0.0126. The Hall–Kier alpha value is -7.29. The molecule has 0 bridgehead atoms. The Bertz CT molecular complexity index is 2510. The van der Waals surface area contributed by atoms with Gasteiger partial charge in [0, 0.05) is 76.1 Å². The molecule has 0 saturated heterocycles. The molecule has 2 unspecified atom stereocenters. The van der Waals surface area contributed by atoms with Gasteiger partial charge in [-0.05, 0) is 35.9 Å². The van der Waals surface area contributed by atoms with E-state index >= 15 is 0 Å². The fourth-order valence-electron chi connectivity index (χ4n) is 6.23. The predicted molar refractivity (Wildman–Crippen MR) is 194 cm³/mol. The Morgan fingerprint density at radius 3 is 1.80 bits per heavy atom. The van der Waals surface area contributed by atoms with Crippen molar-refractivity contribution in [3.63, 3.8) is 0 Å². The standard InChI is InChI=1S/C41H32O15/c1-19(42)50-26-10-7-24(8-11-26)41-37(40(48)39-35(54-23(5)46)16-28(51-20(2)43)17-36(39)56-41)29-13-25(9-12-31(29)52-21(3)44)32-18-30(47)38-33(53-22(4)45)14-27(49-6)15-34(38)55-32/h7-18,37,41H,1-6H3. The molecule has 56 heavy (non-hydrogen) atoms. The lowest BCUT2D eigenvalue weighted by Gasteiger charge is -2.34. The highest BCUT2D eigenvalue weighted by atomic mass is 16.6. The topological polar surface area (TPSA) is 197 Å².